The van der Waals surface area contributed by atoms with Crippen molar-refractivity contribution in [3.63, 3.8) is 0 Å². The maximum Gasteiger partial charge on any atom is 0.331 e. The highest BCUT2D eigenvalue weighted by Crippen LogP contribution is 2.19. The Morgan fingerprint density at radius 1 is 1.15 bits per heavy atom. The molecule has 0 N–H and O–H groups in total. The average molecular weight is 364 g/mol. The molecular weight excluding hydrogens is 344 g/mol. The van der Waals surface area contributed by atoms with Crippen molar-refractivity contribution in [2.45, 2.75) is 20.5 Å². The summed E-state index contributed by atoms with van der Waals surface area (Å²) >= 11 is 0. The van der Waals surface area contributed by atoms with Gasteiger partial charge in [0.1, 0.15) is 5.75 Å². The molecule has 138 valence electrons. The smallest absolute Gasteiger partial charge is 0.331 e. The number of aryl methyl sites for hydroxylation is 1. The Morgan fingerprint density at radius 2 is 1.96 bits per heavy atom. The minimum absolute atomic E-state index is 0.0781. The molecule has 0 spiro atoms. The third-order valence-electron chi connectivity index (χ3n) is 3.67. The van der Waals surface area contributed by atoms with Gasteiger partial charge in [0, 0.05) is 11.6 Å². The monoisotopic (exact) mass is 364 g/mol. The van der Waals surface area contributed by atoms with Crippen LogP contribution in [0.4, 0.5) is 0 Å². The SMILES string of the molecule is CCOc1ccc(/C=C/C(=O)OCc2nnc(-c3cccc(C)c3)o2)cc1. The van der Waals surface area contributed by atoms with E-state index in [1.54, 1.807) is 6.08 Å². The first kappa shape index (κ1) is 18.4. The van der Waals surface area contributed by atoms with Crippen molar-refractivity contribution in [1.82, 2.24) is 10.2 Å². The van der Waals surface area contributed by atoms with E-state index in [2.05, 4.69) is 10.2 Å². The van der Waals surface area contributed by atoms with E-state index in [-0.39, 0.29) is 12.5 Å². The van der Waals surface area contributed by atoms with Gasteiger partial charge in [0.2, 0.25) is 5.89 Å². The molecule has 1 aromatic heterocycles. The molecule has 0 saturated heterocycles. The lowest BCUT2D eigenvalue weighted by Gasteiger charge is -2.02. The Bertz CT molecular complexity index is 929. The zero-order valence-corrected chi connectivity index (χ0v) is 15.2. The topological polar surface area (TPSA) is 74.5 Å². The number of carbonyl (C=O) groups excluding carboxylic acids is 1. The molecule has 0 bridgehead atoms. The van der Waals surface area contributed by atoms with Crippen LogP contribution in [0.1, 0.15) is 23.9 Å². The first-order valence-electron chi connectivity index (χ1n) is 8.61. The Labute approximate surface area is 157 Å². The standard InChI is InChI=1S/C21H20N2O4/c1-3-25-18-10-7-16(8-11-18)9-12-20(24)26-14-19-22-23-21(27-19)17-6-4-5-15(2)13-17/h4-13H,3,14H2,1-2H3/b12-9+. The highest BCUT2D eigenvalue weighted by molar-refractivity contribution is 5.87. The number of aromatic nitrogens is 2. The third kappa shape index (κ3) is 5.28. The second-order valence-electron chi connectivity index (χ2n) is 5.81. The summed E-state index contributed by atoms with van der Waals surface area (Å²) in [6.45, 7) is 4.45. The van der Waals surface area contributed by atoms with Gasteiger partial charge in [-0.15, -0.1) is 10.2 Å². The maximum atomic E-state index is 11.9. The van der Waals surface area contributed by atoms with Crippen molar-refractivity contribution < 1.29 is 18.7 Å². The maximum absolute atomic E-state index is 11.9. The van der Waals surface area contributed by atoms with Crippen LogP contribution in [0.2, 0.25) is 0 Å². The largest absolute Gasteiger partial charge is 0.494 e. The fourth-order valence-corrected chi connectivity index (χ4v) is 2.39. The molecule has 0 aliphatic rings. The summed E-state index contributed by atoms with van der Waals surface area (Å²) in [5.74, 6) is 0.946. The van der Waals surface area contributed by atoms with Gasteiger partial charge >= 0.3 is 5.97 Å². The van der Waals surface area contributed by atoms with Gasteiger partial charge in [0.05, 0.1) is 6.61 Å². The van der Waals surface area contributed by atoms with Gasteiger partial charge in [0.25, 0.3) is 5.89 Å². The van der Waals surface area contributed by atoms with E-state index < -0.39 is 5.97 Å². The predicted molar refractivity (Wildman–Crippen MR) is 101 cm³/mol. The van der Waals surface area contributed by atoms with Crippen LogP contribution in [0.5, 0.6) is 5.75 Å². The zero-order valence-electron chi connectivity index (χ0n) is 15.2. The van der Waals surface area contributed by atoms with E-state index in [4.69, 9.17) is 13.9 Å². The second kappa shape index (κ2) is 8.80. The van der Waals surface area contributed by atoms with Crippen molar-refractivity contribution in [3.8, 4) is 17.2 Å². The minimum Gasteiger partial charge on any atom is -0.494 e. The van der Waals surface area contributed by atoms with E-state index in [0.29, 0.717) is 12.5 Å². The molecule has 0 aliphatic carbocycles. The van der Waals surface area contributed by atoms with Crippen LogP contribution < -0.4 is 4.74 Å². The lowest BCUT2D eigenvalue weighted by atomic mass is 10.1. The van der Waals surface area contributed by atoms with Gasteiger partial charge in [-0.3, -0.25) is 0 Å². The van der Waals surface area contributed by atoms with Crippen LogP contribution in [-0.4, -0.2) is 22.8 Å². The van der Waals surface area contributed by atoms with Crippen molar-refractivity contribution in [3.05, 3.63) is 71.6 Å². The van der Waals surface area contributed by atoms with E-state index >= 15 is 0 Å². The normalized spacial score (nSPS) is 10.9. The van der Waals surface area contributed by atoms with Crippen LogP contribution in [0.25, 0.3) is 17.5 Å². The molecule has 0 saturated carbocycles. The number of rotatable bonds is 7. The fourth-order valence-electron chi connectivity index (χ4n) is 2.39. The molecule has 0 radical (unpaired) electrons. The number of hydrogen-bond acceptors (Lipinski definition) is 6. The molecule has 0 aliphatic heterocycles. The molecular formula is C21H20N2O4. The summed E-state index contributed by atoms with van der Waals surface area (Å²) in [6, 6.07) is 15.2. The van der Waals surface area contributed by atoms with Crippen molar-refractivity contribution in [2.75, 3.05) is 6.61 Å². The average Bonchev–Trinajstić information content (AvgIpc) is 3.15. The minimum atomic E-state index is -0.487. The highest BCUT2D eigenvalue weighted by Gasteiger charge is 2.10. The molecule has 0 unspecified atom stereocenters. The van der Waals surface area contributed by atoms with Crippen LogP contribution >= 0.6 is 0 Å². The van der Waals surface area contributed by atoms with Gasteiger partial charge < -0.3 is 13.9 Å². The predicted octanol–water partition coefficient (Wildman–Crippen LogP) is 4.20. The van der Waals surface area contributed by atoms with E-state index in [1.165, 1.54) is 6.08 Å². The summed E-state index contributed by atoms with van der Waals surface area (Å²) in [5.41, 5.74) is 2.79. The Morgan fingerprint density at radius 3 is 2.70 bits per heavy atom. The molecule has 1 heterocycles. The van der Waals surface area contributed by atoms with Gasteiger partial charge in [-0.25, -0.2) is 4.79 Å². The Kier molecular flexibility index (Phi) is 5.99. The number of esters is 1. The van der Waals surface area contributed by atoms with Crippen molar-refractivity contribution >= 4 is 12.0 Å². The summed E-state index contributed by atoms with van der Waals surface area (Å²) in [5, 5.41) is 7.89. The van der Waals surface area contributed by atoms with E-state index in [0.717, 1.165) is 22.4 Å². The number of benzene rings is 2. The first-order valence-corrected chi connectivity index (χ1v) is 8.61. The molecule has 0 amide bonds. The van der Waals surface area contributed by atoms with Crippen molar-refractivity contribution in [1.29, 1.82) is 0 Å². The number of carbonyl (C=O) groups is 1. The zero-order chi connectivity index (χ0) is 19.1. The molecule has 6 heteroatoms. The first-order chi connectivity index (χ1) is 13.1. The summed E-state index contributed by atoms with van der Waals surface area (Å²) in [4.78, 5) is 11.9. The van der Waals surface area contributed by atoms with E-state index in [1.807, 2.05) is 62.4 Å². The highest BCUT2D eigenvalue weighted by atomic mass is 16.5. The van der Waals surface area contributed by atoms with Crippen LogP contribution in [0.3, 0.4) is 0 Å². The molecule has 6 nitrogen and oxygen atoms in total. The van der Waals surface area contributed by atoms with Gasteiger partial charge in [-0.2, -0.15) is 0 Å². The lowest BCUT2D eigenvalue weighted by molar-refractivity contribution is -0.139. The lowest BCUT2D eigenvalue weighted by Crippen LogP contribution is -2.00. The third-order valence-corrected chi connectivity index (χ3v) is 3.67. The molecule has 2 aromatic carbocycles. The summed E-state index contributed by atoms with van der Waals surface area (Å²) < 4.78 is 16.1. The number of hydrogen-bond donors (Lipinski definition) is 0. The van der Waals surface area contributed by atoms with E-state index in [9.17, 15) is 4.79 Å². The molecule has 0 fully saturated rings. The Hall–Kier alpha value is -3.41. The van der Waals surface area contributed by atoms with Crippen LogP contribution in [-0.2, 0) is 16.1 Å². The molecule has 0 atom stereocenters. The van der Waals surface area contributed by atoms with Gasteiger partial charge in [0.15, 0.2) is 6.61 Å². The molecule has 3 rings (SSSR count). The summed E-state index contributed by atoms with van der Waals surface area (Å²) in [6.07, 6.45) is 3.03. The number of nitrogens with zero attached hydrogens (tertiary/aromatic N) is 2. The second-order valence-corrected chi connectivity index (χ2v) is 5.81. The summed E-state index contributed by atoms with van der Waals surface area (Å²) in [7, 11) is 0. The van der Waals surface area contributed by atoms with Gasteiger partial charge in [-0.1, -0.05) is 29.8 Å². The Balaban J connectivity index is 1.53. The molecule has 3 aromatic rings. The quantitative estimate of drug-likeness (QED) is 0.462. The number of ether oxygens (including phenoxy) is 2. The van der Waals surface area contributed by atoms with Crippen LogP contribution in [0.15, 0.2) is 59.0 Å². The van der Waals surface area contributed by atoms with Gasteiger partial charge in [-0.05, 0) is 49.8 Å². The van der Waals surface area contributed by atoms with Crippen molar-refractivity contribution in [2.24, 2.45) is 0 Å². The van der Waals surface area contributed by atoms with Crippen LogP contribution in [0, 0.1) is 6.92 Å². The fraction of sp³-hybridized carbons (Fsp3) is 0.190. The molecule has 27 heavy (non-hydrogen) atoms.